The van der Waals surface area contributed by atoms with Crippen LogP contribution < -0.4 is 11.2 Å². The van der Waals surface area contributed by atoms with Gasteiger partial charge in [0, 0.05) is 26.8 Å². The van der Waals surface area contributed by atoms with Gasteiger partial charge in [0.2, 0.25) is 0 Å². The highest BCUT2D eigenvalue weighted by atomic mass is 16.5. The van der Waals surface area contributed by atoms with E-state index in [0.29, 0.717) is 30.7 Å². The molecule has 0 atom stereocenters. The molecule has 0 aliphatic rings. The average Bonchev–Trinajstić information content (AvgIpc) is 2.12. The van der Waals surface area contributed by atoms with Crippen LogP contribution in [0, 0.1) is 0 Å². The molecule has 1 aromatic heterocycles. The van der Waals surface area contributed by atoms with Crippen LogP contribution in [0.2, 0.25) is 0 Å². The van der Waals surface area contributed by atoms with Crippen molar-refractivity contribution in [3.05, 3.63) is 11.9 Å². The minimum absolute atomic E-state index is 0.379. The lowest BCUT2D eigenvalue weighted by molar-refractivity contribution is 0.128. The molecule has 1 heterocycles. The van der Waals surface area contributed by atoms with E-state index in [2.05, 4.69) is 15.4 Å². The highest BCUT2D eigenvalue weighted by Gasteiger charge is 2.02. The SMILES string of the molecule is CCOCc1nc(N)cc(NN(C)C)n1. The van der Waals surface area contributed by atoms with Gasteiger partial charge in [-0.2, -0.15) is 0 Å². The zero-order valence-corrected chi connectivity index (χ0v) is 9.32. The summed E-state index contributed by atoms with van der Waals surface area (Å²) in [6.07, 6.45) is 0. The summed E-state index contributed by atoms with van der Waals surface area (Å²) in [5, 5.41) is 1.78. The van der Waals surface area contributed by atoms with Crippen molar-refractivity contribution in [1.82, 2.24) is 15.0 Å². The monoisotopic (exact) mass is 211 g/mol. The van der Waals surface area contributed by atoms with Gasteiger partial charge in [-0.15, -0.1) is 0 Å². The Morgan fingerprint density at radius 1 is 1.47 bits per heavy atom. The Balaban J connectivity index is 2.75. The molecule has 0 radical (unpaired) electrons. The number of hydrogen-bond donors (Lipinski definition) is 2. The van der Waals surface area contributed by atoms with E-state index in [9.17, 15) is 0 Å². The molecular weight excluding hydrogens is 194 g/mol. The van der Waals surface area contributed by atoms with Crippen molar-refractivity contribution < 1.29 is 4.74 Å². The minimum Gasteiger partial charge on any atom is -0.384 e. The molecule has 84 valence electrons. The maximum absolute atomic E-state index is 5.64. The highest BCUT2D eigenvalue weighted by Crippen LogP contribution is 2.09. The first-order valence-electron chi connectivity index (χ1n) is 4.77. The molecule has 0 aliphatic heterocycles. The van der Waals surface area contributed by atoms with Crippen LogP contribution in [-0.4, -0.2) is 35.7 Å². The first-order valence-corrected chi connectivity index (χ1v) is 4.77. The fraction of sp³-hybridized carbons (Fsp3) is 0.556. The van der Waals surface area contributed by atoms with Crippen molar-refractivity contribution in [2.45, 2.75) is 13.5 Å². The van der Waals surface area contributed by atoms with Gasteiger partial charge in [0.15, 0.2) is 5.82 Å². The van der Waals surface area contributed by atoms with Crippen LogP contribution in [0.25, 0.3) is 0 Å². The third-order valence-corrected chi connectivity index (χ3v) is 1.57. The van der Waals surface area contributed by atoms with Gasteiger partial charge in [-0.3, -0.25) is 0 Å². The predicted molar refractivity (Wildman–Crippen MR) is 59.1 cm³/mol. The average molecular weight is 211 g/mol. The highest BCUT2D eigenvalue weighted by molar-refractivity contribution is 5.43. The zero-order valence-electron chi connectivity index (χ0n) is 9.32. The van der Waals surface area contributed by atoms with E-state index < -0.39 is 0 Å². The fourth-order valence-corrected chi connectivity index (χ4v) is 1.06. The standard InChI is InChI=1S/C9H17N5O/c1-4-15-6-9-11-7(10)5-8(12-9)13-14(2)3/h5H,4,6H2,1-3H3,(H3,10,11,12,13). The molecular formula is C9H17N5O. The lowest BCUT2D eigenvalue weighted by Gasteiger charge is -2.13. The molecule has 0 saturated heterocycles. The number of nitrogen functional groups attached to an aromatic ring is 1. The van der Waals surface area contributed by atoms with Gasteiger partial charge in [0.05, 0.1) is 0 Å². The molecule has 3 N–H and O–H groups in total. The lowest BCUT2D eigenvalue weighted by Crippen LogP contribution is -2.21. The topological polar surface area (TPSA) is 76.3 Å². The first-order chi connectivity index (χ1) is 7.11. The van der Waals surface area contributed by atoms with Crippen LogP contribution in [0.5, 0.6) is 0 Å². The Labute approximate surface area is 89.4 Å². The molecule has 0 bridgehead atoms. The van der Waals surface area contributed by atoms with E-state index in [0.717, 1.165) is 0 Å². The summed E-state index contributed by atoms with van der Waals surface area (Å²) in [4.78, 5) is 8.30. The van der Waals surface area contributed by atoms with Crippen LogP contribution in [0.1, 0.15) is 12.7 Å². The normalized spacial score (nSPS) is 10.7. The molecule has 0 aliphatic carbocycles. The molecule has 15 heavy (non-hydrogen) atoms. The minimum atomic E-state index is 0.379. The summed E-state index contributed by atoms with van der Waals surface area (Å²) < 4.78 is 5.21. The Morgan fingerprint density at radius 2 is 2.20 bits per heavy atom. The summed E-state index contributed by atoms with van der Waals surface area (Å²) in [5.41, 5.74) is 8.65. The molecule has 0 amide bonds. The van der Waals surface area contributed by atoms with E-state index in [4.69, 9.17) is 10.5 Å². The molecule has 0 unspecified atom stereocenters. The van der Waals surface area contributed by atoms with Gasteiger partial charge >= 0.3 is 0 Å². The van der Waals surface area contributed by atoms with Gasteiger partial charge in [-0.05, 0) is 6.92 Å². The second-order valence-corrected chi connectivity index (χ2v) is 3.24. The molecule has 1 rings (SSSR count). The number of rotatable bonds is 5. The van der Waals surface area contributed by atoms with Crippen molar-refractivity contribution in [3.63, 3.8) is 0 Å². The lowest BCUT2D eigenvalue weighted by atomic mass is 10.5. The van der Waals surface area contributed by atoms with E-state index >= 15 is 0 Å². The number of anilines is 2. The third-order valence-electron chi connectivity index (χ3n) is 1.57. The van der Waals surface area contributed by atoms with E-state index in [-0.39, 0.29) is 0 Å². The number of ether oxygens (including phenoxy) is 1. The zero-order chi connectivity index (χ0) is 11.3. The van der Waals surface area contributed by atoms with Gasteiger partial charge in [0.25, 0.3) is 0 Å². The van der Waals surface area contributed by atoms with Crippen molar-refractivity contribution in [2.24, 2.45) is 0 Å². The van der Waals surface area contributed by atoms with E-state index in [1.54, 1.807) is 11.1 Å². The van der Waals surface area contributed by atoms with Crippen molar-refractivity contribution in [1.29, 1.82) is 0 Å². The van der Waals surface area contributed by atoms with E-state index in [1.165, 1.54) is 0 Å². The second-order valence-electron chi connectivity index (χ2n) is 3.24. The molecule has 6 nitrogen and oxygen atoms in total. The molecule has 0 saturated carbocycles. The van der Waals surface area contributed by atoms with Crippen LogP contribution >= 0.6 is 0 Å². The summed E-state index contributed by atoms with van der Waals surface area (Å²) in [6, 6.07) is 1.68. The summed E-state index contributed by atoms with van der Waals surface area (Å²) >= 11 is 0. The van der Waals surface area contributed by atoms with Gasteiger partial charge < -0.3 is 15.9 Å². The molecule has 6 heteroatoms. The Morgan fingerprint density at radius 3 is 2.80 bits per heavy atom. The van der Waals surface area contributed by atoms with Gasteiger partial charge in [-0.1, -0.05) is 0 Å². The van der Waals surface area contributed by atoms with E-state index in [1.807, 2.05) is 21.0 Å². The molecule has 0 fully saturated rings. The molecule has 1 aromatic rings. The summed E-state index contributed by atoms with van der Waals surface area (Å²) in [6.45, 7) is 2.93. The van der Waals surface area contributed by atoms with Crippen LogP contribution in [0.15, 0.2) is 6.07 Å². The second kappa shape index (κ2) is 5.47. The third kappa shape index (κ3) is 4.09. The van der Waals surface area contributed by atoms with Crippen molar-refractivity contribution in [3.8, 4) is 0 Å². The van der Waals surface area contributed by atoms with Crippen LogP contribution in [-0.2, 0) is 11.3 Å². The summed E-state index contributed by atoms with van der Waals surface area (Å²) in [5.74, 6) is 1.69. The number of hydrogen-bond acceptors (Lipinski definition) is 6. The molecule has 0 spiro atoms. The number of nitrogens with zero attached hydrogens (tertiary/aromatic N) is 3. The maximum atomic E-state index is 5.64. The number of hydrazine groups is 1. The Kier molecular flexibility index (Phi) is 4.26. The summed E-state index contributed by atoms with van der Waals surface area (Å²) in [7, 11) is 3.75. The number of nitrogens with one attached hydrogen (secondary N) is 1. The van der Waals surface area contributed by atoms with Crippen LogP contribution in [0.4, 0.5) is 11.6 Å². The van der Waals surface area contributed by atoms with Crippen molar-refractivity contribution >= 4 is 11.6 Å². The predicted octanol–water partition coefficient (Wildman–Crippen LogP) is 0.484. The Bertz CT molecular complexity index is 315. The maximum Gasteiger partial charge on any atom is 0.158 e. The molecule has 0 aromatic carbocycles. The van der Waals surface area contributed by atoms with Crippen molar-refractivity contribution in [2.75, 3.05) is 31.9 Å². The number of aromatic nitrogens is 2. The largest absolute Gasteiger partial charge is 0.384 e. The number of nitrogens with two attached hydrogens (primary N) is 1. The quantitative estimate of drug-likeness (QED) is 0.690. The fourth-order valence-electron chi connectivity index (χ4n) is 1.06. The smallest absolute Gasteiger partial charge is 0.158 e. The van der Waals surface area contributed by atoms with Gasteiger partial charge in [0.1, 0.15) is 18.2 Å². The Hall–Kier alpha value is -1.40. The van der Waals surface area contributed by atoms with Gasteiger partial charge in [-0.25, -0.2) is 15.0 Å². The van der Waals surface area contributed by atoms with Crippen LogP contribution in [0.3, 0.4) is 0 Å². The first kappa shape index (κ1) is 11.7.